The van der Waals surface area contributed by atoms with E-state index >= 15 is 0 Å². The largest absolute Gasteiger partial charge is 0.480 e. The molecule has 0 fully saturated rings. The Kier molecular flexibility index (Phi) is 3.50. The second-order valence-electron chi connectivity index (χ2n) is 3.93. The Morgan fingerprint density at radius 2 is 2.00 bits per heavy atom. The fourth-order valence-corrected chi connectivity index (χ4v) is 1.74. The summed E-state index contributed by atoms with van der Waals surface area (Å²) in [5, 5.41) is 0. The lowest BCUT2D eigenvalue weighted by molar-refractivity contribution is 0.102. The second kappa shape index (κ2) is 5.09. The monoisotopic (exact) mass is 262 g/mol. The molecule has 0 N–H and O–H groups in total. The van der Waals surface area contributed by atoms with Gasteiger partial charge >= 0.3 is 0 Å². The van der Waals surface area contributed by atoms with Crippen molar-refractivity contribution in [3.63, 3.8) is 0 Å². The standard InChI is InChI=1S/C13H14N2O4/c1-7-5-9(8(2)19-7)12(16)11-13(18-4)15-10(17-3)6-14-11/h5-6H,1-4H3. The van der Waals surface area contributed by atoms with Crippen molar-refractivity contribution < 1.29 is 18.7 Å². The van der Waals surface area contributed by atoms with E-state index in [2.05, 4.69) is 9.97 Å². The summed E-state index contributed by atoms with van der Waals surface area (Å²) in [4.78, 5) is 20.5. The maximum Gasteiger partial charge on any atom is 0.247 e. The van der Waals surface area contributed by atoms with Crippen LogP contribution in [-0.4, -0.2) is 30.0 Å². The summed E-state index contributed by atoms with van der Waals surface area (Å²) < 4.78 is 15.4. The number of methoxy groups -OCH3 is 2. The van der Waals surface area contributed by atoms with Crippen LogP contribution in [0.1, 0.15) is 27.6 Å². The van der Waals surface area contributed by atoms with Crippen LogP contribution in [0.15, 0.2) is 16.7 Å². The van der Waals surface area contributed by atoms with Gasteiger partial charge in [-0.25, -0.2) is 4.98 Å². The van der Waals surface area contributed by atoms with Crippen LogP contribution in [0.25, 0.3) is 0 Å². The van der Waals surface area contributed by atoms with Crippen LogP contribution in [0.5, 0.6) is 11.8 Å². The Morgan fingerprint density at radius 3 is 2.53 bits per heavy atom. The smallest absolute Gasteiger partial charge is 0.247 e. The van der Waals surface area contributed by atoms with Gasteiger partial charge in [-0.2, -0.15) is 4.98 Å². The van der Waals surface area contributed by atoms with Gasteiger partial charge in [-0.1, -0.05) is 0 Å². The minimum Gasteiger partial charge on any atom is -0.480 e. The Bertz CT molecular complexity index is 619. The molecule has 0 saturated heterocycles. The molecular weight excluding hydrogens is 248 g/mol. The van der Waals surface area contributed by atoms with Crippen LogP contribution in [-0.2, 0) is 0 Å². The zero-order valence-corrected chi connectivity index (χ0v) is 11.2. The third kappa shape index (κ3) is 2.42. The molecule has 2 rings (SSSR count). The van der Waals surface area contributed by atoms with Gasteiger partial charge in [-0.3, -0.25) is 4.79 Å². The van der Waals surface area contributed by atoms with Crippen molar-refractivity contribution in [2.24, 2.45) is 0 Å². The average molecular weight is 262 g/mol. The summed E-state index contributed by atoms with van der Waals surface area (Å²) >= 11 is 0. The summed E-state index contributed by atoms with van der Waals surface area (Å²) in [6.07, 6.45) is 1.37. The van der Waals surface area contributed by atoms with Crippen molar-refractivity contribution in [3.05, 3.63) is 35.0 Å². The maximum atomic E-state index is 12.4. The number of furan rings is 1. The quantitative estimate of drug-likeness (QED) is 0.784. The van der Waals surface area contributed by atoms with Gasteiger partial charge in [0.1, 0.15) is 11.5 Å². The van der Waals surface area contributed by atoms with Gasteiger partial charge in [0.05, 0.1) is 26.0 Å². The van der Waals surface area contributed by atoms with Gasteiger partial charge in [0.15, 0.2) is 5.69 Å². The number of aryl methyl sites for hydroxylation is 2. The van der Waals surface area contributed by atoms with Crippen molar-refractivity contribution in [2.75, 3.05) is 14.2 Å². The molecule has 0 amide bonds. The number of ketones is 1. The van der Waals surface area contributed by atoms with E-state index in [1.807, 2.05) is 0 Å². The molecule has 6 nitrogen and oxygen atoms in total. The molecule has 0 atom stereocenters. The predicted molar refractivity (Wildman–Crippen MR) is 66.8 cm³/mol. The summed E-state index contributed by atoms with van der Waals surface area (Å²) in [5.41, 5.74) is 0.586. The van der Waals surface area contributed by atoms with Crippen molar-refractivity contribution in [2.45, 2.75) is 13.8 Å². The average Bonchev–Trinajstić information content (AvgIpc) is 2.76. The molecule has 0 aliphatic carbocycles. The molecule has 2 aromatic rings. The highest BCUT2D eigenvalue weighted by Crippen LogP contribution is 2.23. The molecule has 100 valence electrons. The molecule has 2 heterocycles. The maximum absolute atomic E-state index is 12.4. The number of rotatable bonds is 4. The van der Waals surface area contributed by atoms with Gasteiger partial charge in [0.25, 0.3) is 0 Å². The van der Waals surface area contributed by atoms with E-state index in [1.54, 1.807) is 19.9 Å². The molecular formula is C13H14N2O4. The lowest BCUT2D eigenvalue weighted by Crippen LogP contribution is -2.09. The van der Waals surface area contributed by atoms with Crippen LogP contribution in [0.2, 0.25) is 0 Å². The molecule has 0 aromatic carbocycles. The number of carbonyl (C=O) groups excluding carboxylic acids is 1. The molecule has 0 unspecified atom stereocenters. The van der Waals surface area contributed by atoms with Gasteiger partial charge < -0.3 is 13.9 Å². The summed E-state index contributed by atoms with van der Waals surface area (Å²) in [7, 11) is 2.89. The first-order chi connectivity index (χ1) is 9.06. The lowest BCUT2D eigenvalue weighted by atomic mass is 10.1. The SMILES string of the molecule is COc1cnc(C(=O)c2cc(C)oc2C)c(OC)n1. The topological polar surface area (TPSA) is 74.5 Å². The molecule has 2 aromatic heterocycles. The number of ether oxygens (including phenoxy) is 2. The van der Waals surface area contributed by atoms with Crippen molar-refractivity contribution in [1.29, 1.82) is 0 Å². The van der Waals surface area contributed by atoms with Crippen molar-refractivity contribution >= 4 is 5.78 Å². The number of hydrogen-bond donors (Lipinski definition) is 0. The summed E-state index contributed by atoms with van der Waals surface area (Å²) in [5.74, 6) is 1.33. The first-order valence-electron chi connectivity index (χ1n) is 5.63. The van der Waals surface area contributed by atoms with Crippen LogP contribution < -0.4 is 9.47 Å². The molecule has 0 radical (unpaired) electrons. The first-order valence-corrected chi connectivity index (χ1v) is 5.63. The molecule has 6 heteroatoms. The van der Waals surface area contributed by atoms with Crippen LogP contribution >= 0.6 is 0 Å². The fourth-order valence-electron chi connectivity index (χ4n) is 1.74. The second-order valence-corrected chi connectivity index (χ2v) is 3.93. The summed E-state index contributed by atoms with van der Waals surface area (Å²) in [6.45, 7) is 3.50. The van der Waals surface area contributed by atoms with Gasteiger partial charge in [-0.15, -0.1) is 0 Å². The first kappa shape index (κ1) is 13.1. The summed E-state index contributed by atoms with van der Waals surface area (Å²) in [6, 6.07) is 1.67. The highest BCUT2D eigenvalue weighted by Gasteiger charge is 2.22. The Balaban J connectivity index is 2.46. The Morgan fingerprint density at radius 1 is 1.26 bits per heavy atom. The van der Waals surface area contributed by atoms with E-state index < -0.39 is 0 Å². The van der Waals surface area contributed by atoms with Crippen LogP contribution in [0.4, 0.5) is 0 Å². The lowest BCUT2D eigenvalue weighted by Gasteiger charge is -2.06. The number of aromatic nitrogens is 2. The normalized spacial score (nSPS) is 10.3. The zero-order valence-electron chi connectivity index (χ0n) is 11.2. The van der Waals surface area contributed by atoms with E-state index in [9.17, 15) is 4.79 Å². The van der Waals surface area contributed by atoms with Gasteiger partial charge in [0.2, 0.25) is 17.5 Å². The Hall–Kier alpha value is -2.37. The molecule has 19 heavy (non-hydrogen) atoms. The Labute approximate surface area is 110 Å². The van der Waals surface area contributed by atoms with E-state index in [0.29, 0.717) is 17.1 Å². The third-order valence-corrected chi connectivity index (χ3v) is 2.62. The number of carbonyl (C=O) groups is 1. The van der Waals surface area contributed by atoms with Crippen LogP contribution in [0.3, 0.4) is 0 Å². The minimum absolute atomic E-state index is 0.127. The third-order valence-electron chi connectivity index (χ3n) is 2.62. The van der Waals surface area contributed by atoms with Crippen molar-refractivity contribution in [1.82, 2.24) is 9.97 Å². The molecule has 0 spiro atoms. The molecule has 0 saturated carbocycles. The predicted octanol–water partition coefficient (Wildman–Crippen LogP) is 1.93. The van der Waals surface area contributed by atoms with E-state index in [0.717, 1.165) is 0 Å². The van der Waals surface area contributed by atoms with E-state index in [4.69, 9.17) is 13.9 Å². The molecule has 0 aliphatic rings. The van der Waals surface area contributed by atoms with E-state index in [-0.39, 0.29) is 23.2 Å². The fraction of sp³-hybridized carbons (Fsp3) is 0.308. The number of hydrogen-bond acceptors (Lipinski definition) is 6. The number of nitrogens with zero attached hydrogens (tertiary/aromatic N) is 2. The van der Waals surface area contributed by atoms with E-state index in [1.165, 1.54) is 20.4 Å². The van der Waals surface area contributed by atoms with Crippen LogP contribution in [0, 0.1) is 13.8 Å². The zero-order chi connectivity index (χ0) is 14.0. The van der Waals surface area contributed by atoms with Crippen molar-refractivity contribution in [3.8, 4) is 11.8 Å². The highest BCUT2D eigenvalue weighted by molar-refractivity contribution is 6.09. The van der Waals surface area contributed by atoms with Gasteiger partial charge in [0, 0.05) is 0 Å². The highest BCUT2D eigenvalue weighted by atomic mass is 16.5. The molecule has 0 aliphatic heterocycles. The van der Waals surface area contributed by atoms with Gasteiger partial charge in [-0.05, 0) is 19.9 Å². The molecule has 0 bridgehead atoms. The minimum atomic E-state index is -0.290.